The van der Waals surface area contributed by atoms with Gasteiger partial charge in [-0.05, 0) is 104 Å². The molecule has 0 aromatic carbocycles. The van der Waals surface area contributed by atoms with Gasteiger partial charge in [0.25, 0.3) is 0 Å². The maximum absolute atomic E-state index is 13.1. The highest BCUT2D eigenvalue weighted by Crippen LogP contribution is 2.71. The lowest BCUT2D eigenvalue weighted by Crippen LogP contribution is -2.67. The third-order valence-corrected chi connectivity index (χ3v) is 18.1. The second kappa shape index (κ2) is 22.0. The SMILES string of the molecule is CC(=O)OC[C@H]1O[C@@H](O[C@H]2CC[C@@]3(C)[C@H](CC[C@@H]4[C@@H]3CC[C@]3(C)[C@@H]5[C@H](C[C@@H]43)O[C@]3(CC[C@H](C)CO3)[C@H]5C)C2)[C@H](O[C@@H]2O[C@H](COC(C)=O)[C@@H](OC(C)=O)[C@H](OC(C)=O)[C@H]2OC(C)=O)[C@@H](OC(C)=O)[C@H]1OC(C)=O. The van der Waals surface area contributed by atoms with Gasteiger partial charge in [0.1, 0.15) is 25.4 Å². The van der Waals surface area contributed by atoms with Crippen molar-refractivity contribution in [1.29, 1.82) is 0 Å². The average molecular weight is 1040 g/mol. The molecule has 4 aliphatic carbocycles. The molecule has 410 valence electrons. The molecule has 4 aliphatic heterocycles. The third kappa shape index (κ3) is 11.3. The van der Waals surface area contributed by atoms with E-state index in [1.54, 1.807) is 0 Å². The van der Waals surface area contributed by atoms with Crippen LogP contribution >= 0.6 is 0 Å². The first-order valence-electron chi connectivity index (χ1n) is 26.5. The predicted molar refractivity (Wildman–Crippen MR) is 250 cm³/mol. The van der Waals surface area contributed by atoms with Crippen molar-refractivity contribution in [2.45, 2.75) is 220 Å². The Morgan fingerprint density at radius 3 is 1.58 bits per heavy atom. The summed E-state index contributed by atoms with van der Waals surface area (Å²) in [6, 6.07) is 0. The first kappa shape index (κ1) is 55.3. The van der Waals surface area contributed by atoms with Gasteiger partial charge in [-0.25, -0.2) is 0 Å². The zero-order chi connectivity index (χ0) is 52.9. The van der Waals surface area contributed by atoms with Crippen LogP contribution in [-0.4, -0.2) is 141 Å². The summed E-state index contributed by atoms with van der Waals surface area (Å²) in [6.07, 6.45) is -5.78. The van der Waals surface area contributed by atoms with Crippen molar-refractivity contribution in [3.63, 3.8) is 0 Å². The number of carbonyl (C=O) groups is 7. The van der Waals surface area contributed by atoms with Gasteiger partial charge in [0.05, 0.1) is 18.8 Å². The third-order valence-electron chi connectivity index (χ3n) is 18.1. The average Bonchev–Trinajstić information content (AvgIpc) is 3.75. The molecule has 73 heavy (non-hydrogen) atoms. The lowest BCUT2D eigenvalue weighted by atomic mass is 9.44. The van der Waals surface area contributed by atoms with Gasteiger partial charge in [-0.2, -0.15) is 0 Å². The monoisotopic (exact) mass is 1030 g/mol. The molecule has 20 nitrogen and oxygen atoms in total. The zero-order valence-electron chi connectivity index (χ0n) is 44.3. The highest BCUT2D eigenvalue weighted by atomic mass is 16.8. The molecule has 0 amide bonds. The van der Waals surface area contributed by atoms with E-state index in [1.165, 1.54) is 6.92 Å². The van der Waals surface area contributed by atoms with E-state index in [2.05, 4.69) is 27.7 Å². The Bertz CT molecular complexity index is 2070. The molecule has 4 saturated heterocycles. The number of fused-ring (bicyclic) bond motifs is 7. The molecule has 4 saturated carbocycles. The topological polar surface area (TPSA) is 239 Å². The maximum atomic E-state index is 13.1. The van der Waals surface area contributed by atoms with Gasteiger partial charge in [0.2, 0.25) is 0 Å². The molecule has 8 rings (SSSR count). The van der Waals surface area contributed by atoms with Crippen LogP contribution in [0.2, 0.25) is 0 Å². The lowest BCUT2D eigenvalue weighted by molar-refractivity contribution is -0.374. The summed E-state index contributed by atoms with van der Waals surface area (Å²) in [7, 11) is 0. The first-order chi connectivity index (χ1) is 34.4. The van der Waals surface area contributed by atoms with Crippen molar-refractivity contribution < 1.29 is 95.1 Å². The molecule has 8 aliphatic rings. The van der Waals surface area contributed by atoms with Gasteiger partial charge in [0.15, 0.2) is 55.0 Å². The van der Waals surface area contributed by atoms with Crippen molar-refractivity contribution in [3.05, 3.63) is 0 Å². The Hall–Kier alpha value is -3.95. The molecule has 1 spiro atoms. The van der Waals surface area contributed by atoms with Crippen molar-refractivity contribution >= 4 is 41.8 Å². The number of carbonyl (C=O) groups excluding carboxylic acids is 7. The molecule has 0 bridgehead atoms. The fraction of sp³-hybridized carbons (Fsp3) is 0.868. The molecule has 4 heterocycles. The van der Waals surface area contributed by atoms with Crippen molar-refractivity contribution in [1.82, 2.24) is 0 Å². The minimum absolute atomic E-state index is 0.0222. The minimum atomic E-state index is -1.77. The number of hydrogen-bond acceptors (Lipinski definition) is 20. The molecule has 0 N–H and O–H groups in total. The minimum Gasteiger partial charge on any atom is -0.463 e. The Balaban J connectivity index is 1.07. The second-order valence-corrected chi connectivity index (χ2v) is 22.9. The number of ether oxygens (including phenoxy) is 13. The van der Waals surface area contributed by atoms with Crippen LogP contribution in [0.15, 0.2) is 0 Å². The van der Waals surface area contributed by atoms with E-state index in [-0.39, 0.29) is 22.9 Å². The highest BCUT2D eigenvalue weighted by molar-refractivity contribution is 5.69. The van der Waals surface area contributed by atoms with Crippen LogP contribution in [0.25, 0.3) is 0 Å². The molecule has 0 radical (unpaired) electrons. The number of esters is 7. The predicted octanol–water partition coefficient (Wildman–Crippen LogP) is 5.44. The van der Waals surface area contributed by atoms with Gasteiger partial charge in [-0.3, -0.25) is 33.6 Å². The zero-order valence-corrected chi connectivity index (χ0v) is 44.3. The molecule has 20 heteroatoms. The summed E-state index contributed by atoms with van der Waals surface area (Å²) < 4.78 is 79.6. The van der Waals surface area contributed by atoms with Crippen LogP contribution in [0.1, 0.15) is 140 Å². The van der Waals surface area contributed by atoms with Crippen LogP contribution in [0.5, 0.6) is 0 Å². The Labute approximate surface area is 427 Å². The fourth-order valence-corrected chi connectivity index (χ4v) is 15.1. The first-order valence-corrected chi connectivity index (χ1v) is 26.5. The van der Waals surface area contributed by atoms with E-state index >= 15 is 0 Å². The maximum Gasteiger partial charge on any atom is 0.303 e. The van der Waals surface area contributed by atoms with Crippen molar-refractivity contribution in [2.24, 2.45) is 52.3 Å². The van der Waals surface area contributed by atoms with Crippen molar-refractivity contribution in [2.75, 3.05) is 19.8 Å². The summed E-state index contributed by atoms with van der Waals surface area (Å²) in [5.74, 6) is -2.78. The summed E-state index contributed by atoms with van der Waals surface area (Å²) in [6.45, 7) is 17.3. The van der Waals surface area contributed by atoms with Crippen LogP contribution in [0, 0.1) is 52.3 Å². The fourth-order valence-electron chi connectivity index (χ4n) is 15.1. The van der Waals surface area contributed by atoms with Gasteiger partial charge in [-0.1, -0.05) is 27.7 Å². The number of hydrogen-bond donors (Lipinski definition) is 0. The molecule has 8 fully saturated rings. The van der Waals surface area contributed by atoms with E-state index < -0.39 is 128 Å². The van der Waals surface area contributed by atoms with E-state index in [9.17, 15) is 33.6 Å². The van der Waals surface area contributed by atoms with Gasteiger partial charge in [-0.15, -0.1) is 0 Å². The normalized spacial score (nSPS) is 44.7. The van der Waals surface area contributed by atoms with Crippen LogP contribution < -0.4 is 0 Å². The molecular weight excluding hydrogens is 957 g/mol. The second-order valence-electron chi connectivity index (χ2n) is 22.9. The Kier molecular flexibility index (Phi) is 16.6. The molecule has 22 atom stereocenters. The summed E-state index contributed by atoms with van der Waals surface area (Å²) in [5, 5.41) is 0. The molecule has 0 unspecified atom stereocenters. The Morgan fingerprint density at radius 2 is 1.04 bits per heavy atom. The quantitative estimate of drug-likeness (QED) is 0.127. The Morgan fingerprint density at radius 1 is 0.521 bits per heavy atom. The lowest BCUT2D eigenvalue weighted by Gasteiger charge is -2.61. The van der Waals surface area contributed by atoms with Gasteiger partial charge >= 0.3 is 41.8 Å². The van der Waals surface area contributed by atoms with E-state index in [0.717, 1.165) is 99.5 Å². The van der Waals surface area contributed by atoms with E-state index in [1.807, 2.05) is 0 Å². The summed E-state index contributed by atoms with van der Waals surface area (Å²) in [4.78, 5) is 88.3. The van der Waals surface area contributed by atoms with Crippen LogP contribution in [-0.2, 0) is 95.1 Å². The molecular formula is C53H78O20. The summed E-state index contributed by atoms with van der Waals surface area (Å²) >= 11 is 0. The van der Waals surface area contributed by atoms with Gasteiger partial charge in [0, 0.05) is 60.8 Å². The van der Waals surface area contributed by atoms with E-state index in [4.69, 9.17) is 61.6 Å². The molecule has 0 aromatic rings. The van der Waals surface area contributed by atoms with Crippen molar-refractivity contribution in [3.8, 4) is 0 Å². The largest absolute Gasteiger partial charge is 0.463 e. The standard InChI is InChI=1S/C53H78O20/c1-25-14-19-53(63-22-25)26(2)42-39(73-53)21-38-36-13-12-34-20-35(15-17-51(34,10)37(36)16-18-52(38,42)11)69-49-48(46(67-32(8)59)44(65-30(6)57)40(70-49)23-61-27(3)54)72-50-47(68-33(9)60)45(66-31(7)58)43(64-29(5)56)41(71-50)24-62-28(4)55/h25-26,34-50H,12-24H2,1-11H3/t25-,26-,34+,35-,36+,37-,38-,39-,40+,41+,42-,43+,44-,45-,46-,47+,48+,49+,50-,51-,52-,53+/m0/s1. The van der Waals surface area contributed by atoms with Crippen LogP contribution in [0.3, 0.4) is 0 Å². The van der Waals surface area contributed by atoms with Gasteiger partial charge < -0.3 is 61.6 Å². The molecule has 0 aromatic heterocycles. The smallest absolute Gasteiger partial charge is 0.303 e. The van der Waals surface area contributed by atoms with E-state index in [0.29, 0.717) is 48.3 Å². The summed E-state index contributed by atoms with van der Waals surface area (Å²) in [5.41, 5.74) is 0.189. The highest BCUT2D eigenvalue weighted by Gasteiger charge is 2.69. The van der Waals surface area contributed by atoms with Crippen LogP contribution in [0.4, 0.5) is 0 Å². The number of rotatable bonds is 13.